The zero-order valence-corrected chi connectivity index (χ0v) is 40.7. The predicted octanol–water partition coefficient (Wildman–Crippen LogP) is 7.16. The van der Waals surface area contributed by atoms with Crippen molar-refractivity contribution in [3.05, 3.63) is 24.3 Å². The first-order valence-electron chi connectivity index (χ1n) is 25.9. The number of allylic oxidation sites excluding steroid dienone is 4. The minimum absolute atomic E-state index is 0.161. The number of esters is 2. The monoisotopic (exact) mass is 945 g/mol. The summed E-state index contributed by atoms with van der Waals surface area (Å²) >= 11 is 0. The van der Waals surface area contributed by atoms with Crippen LogP contribution >= 0.6 is 0 Å². The molecule has 15 nitrogen and oxygen atoms in total. The number of aliphatic hydroxyl groups is 7. The van der Waals surface area contributed by atoms with E-state index in [9.17, 15) is 45.3 Å². The van der Waals surface area contributed by atoms with Crippen LogP contribution in [0.15, 0.2) is 24.3 Å². The van der Waals surface area contributed by atoms with Gasteiger partial charge in [0.25, 0.3) is 0 Å². The zero-order chi connectivity index (χ0) is 48.2. The summed E-state index contributed by atoms with van der Waals surface area (Å²) in [6, 6.07) is 0. The molecule has 7 N–H and O–H groups in total. The van der Waals surface area contributed by atoms with Crippen molar-refractivity contribution in [3.63, 3.8) is 0 Å². The Kier molecular flexibility index (Phi) is 35.3. The van der Waals surface area contributed by atoms with Gasteiger partial charge in [-0.3, -0.25) is 9.59 Å². The molecule has 0 aromatic rings. The number of rotatable bonds is 40. The zero-order valence-electron chi connectivity index (χ0n) is 40.7. The first-order chi connectivity index (χ1) is 32.1. The van der Waals surface area contributed by atoms with Crippen LogP contribution in [0.2, 0.25) is 0 Å². The Hall–Kier alpha value is -2.02. The largest absolute Gasteiger partial charge is 0.462 e. The Morgan fingerprint density at radius 1 is 0.485 bits per heavy atom. The first-order valence-corrected chi connectivity index (χ1v) is 25.9. The first kappa shape index (κ1) is 60.1. The van der Waals surface area contributed by atoms with E-state index in [4.69, 9.17) is 28.4 Å². The van der Waals surface area contributed by atoms with Gasteiger partial charge in [0.15, 0.2) is 18.7 Å². The molecule has 2 saturated heterocycles. The molecule has 0 aromatic heterocycles. The lowest BCUT2D eigenvalue weighted by Gasteiger charge is -2.46. The van der Waals surface area contributed by atoms with Crippen LogP contribution in [0, 0.1) is 0 Å². The van der Waals surface area contributed by atoms with Gasteiger partial charge >= 0.3 is 11.9 Å². The molecule has 0 aromatic carbocycles. The minimum Gasteiger partial charge on any atom is -0.462 e. The molecule has 0 radical (unpaired) electrons. The van der Waals surface area contributed by atoms with Crippen LogP contribution < -0.4 is 0 Å². The molecule has 66 heavy (non-hydrogen) atoms. The third kappa shape index (κ3) is 26.1. The van der Waals surface area contributed by atoms with Gasteiger partial charge in [-0.1, -0.05) is 141 Å². The molecule has 0 saturated carbocycles. The maximum absolute atomic E-state index is 13.0. The summed E-state index contributed by atoms with van der Waals surface area (Å²) in [5.41, 5.74) is 0. The van der Waals surface area contributed by atoms with Crippen LogP contribution in [0.1, 0.15) is 194 Å². The van der Waals surface area contributed by atoms with E-state index < -0.39 is 92.7 Å². The van der Waals surface area contributed by atoms with Gasteiger partial charge in [-0.15, -0.1) is 0 Å². The van der Waals surface area contributed by atoms with Crippen molar-refractivity contribution < 1.29 is 73.8 Å². The topological polar surface area (TPSA) is 231 Å². The summed E-state index contributed by atoms with van der Waals surface area (Å²) in [4.78, 5) is 25.7. The van der Waals surface area contributed by atoms with Crippen LogP contribution in [-0.2, 0) is 38.0 Å². The van der Waals surface area contributed by atoms with E-state index in [1.807, 2.05) is 0 Å². The lowest BCUT2D eigenvalue weighted by atomic mass is 9.97. The fraction of sp³-hybridized carbons (Fsp3) is 0.882. The van der Waals surface area contributed by atoms with Crippen molar-refractivity contribution in [2.24, 2.45) is 0 Å². The molecule has 15 heteroatoms. The summed E-state index contributed by atoms with van der Waals surface area (Å²) in [5.74, 6) is -0.931. The smallest absolute Gasteiger partial charge is 0.306 e. The fourth-order valence-electron chi connectivity index (χ4n) is 8.19. The second-order valence-corrected chi connectivity index (χ2v) is 18.3. The Bertz CT molecular complexity index is 1250. The van der Waals surface area contributed by atoms with E-state index >= 15 is 0 Å². The Labute approximate surface area is 396 Å². The van der Waals surface area contributed by atoms with E-state index in [1.165, 1.54) is 96.3 Å². The molecule has 11 atom stereocenters. The van der Waals surface area contributed by atoms with Crippen LogP contribution in [0.25, 0.3) is 0 Å². The van der Waals surface area contributed by atoms with Crippen molar-refractivity contribution in [3.8, 4) is 0 Å². The fourth-order valence-corrected chi connectivity index (χ4v) is 8.19. The molecule has 0 aliphatic carbocycles. The van der Waals surface area contributed by atoms with Crippen molar-refractivity contribution in [2.45, 2.75) is 261 Å². The lowest BCUT2D eigenvalue weighted by Crippen LogP contribution is -2.64. The highest BCUT2D eigenvalue weighted by molar-refractivity contribution is 5.70. The second-order valence-electron chi connectivity index (χ2n) is 18.3. The summed E-state index contributed by atoms with van der Waals surface area (Å²) in [6.07, 6.45) is 21.7. The van der Waals surface area contributed by atoms with Crippen molar-refractivity contribution >= 4 is 11.9 Å². The summed E-state index contributed by atoms with van der Waals surface area (Å²) < 4.78 is 33.7. The van der Waals surface area contributed by atoms with Crippen LogP contribution in [-0.4, -0.2) is 142 Å². The standard InChI is InChI=1S/C51H92O15/c1-3-5-7-9-11-13-15-17-19-21-23-25-27-29-31-33-42(54)61-37-39(63-43(55)34-32-30-28-26-24-22-20-18-16-14-12-10-8-6-4-2)38-62-50-48(60)46(58)49(41(36-53)65-50)66-51-47(59)45(57)44(56)40(35-52)64-51/h13-16,39-41,44-53,56-60H,3-12,17-38H2,1-2H3/b15-13-,16-14-/t39-,40+,41+,44+,45-,46+,47+,48+,49-,50+,51+/m0/s1. The summed E-state index contributed by atoms with van der Waals surface area (Å²) in [7, 11) is 0. The Morgan fingerprint density at radius 3 is 1.39 bits per heavy atom. The average Bonchev–Trinajstić information content (AvgIpc) is 3.31. The van der Waals surface area contributed by atoms with E-state index in [-0.39, 0.29) is 26.1 Å². The second kappa shape index (κ2) is 38.8. The van der Waals surface area contributed by atoms with Crippen molar-refractivity contribution in [1.29, 1.82) is 0 Å². The number of hydrogen-bond acceptors (Lipinski definition) is 15. The van der Waals surface area contributed by atoms with E-state index in [1.54, 1.807) is 0 Å². The number of hydrogen-bond donors (Lipinski definition) is 7. The quantitative estimate of drug-likeness (QED) is 0.0184. The highest BCUT2D eigenvalue weighted by atomic mass is 16.7. The number of carbonyl (C=O) groups is 2. The summed E-state index contributed by atoms with van der Waals surface area (Å²) in [6.45, 7) is 2.31. The highest BCUT2D eigenvalue weighted by Crippen LogP contribution is 2.30. The summed E-state index contributed by atoms with van der Waals surface area (Å²) in [5, 5.41) is 72.4. The van der Waals surface area contributed by atoms with Gasteiger partial charge in [0.05, 0.1) is 19.8 Å². The molecule has 386 valence electrons. The third-order valence-corrected chi connectivity index (χ3v) is 12.4. The van der Waals surface area contributed by atoms with Crippen LogP contribution in [0.4, 0.5) is 0 Å². The Balaban J connectivity index is 1.82. The molecule has 2 heterocycles. The molecule has 0 amide bonds. The van der Waals surface area contributed by atoms with Gasteiger partial charge in [-0.2, -0.15) is 0 Å². The maximum atomic E-state index is 13.0. The SMILES string of the molecule is CCCCCC/C=C\CCCCCCCCCC(=O)OC[C@@H](CO[C@@H]1O[C@H](CO)[C@H](O[C@H]2O[C@H](CO)[C@@H](O)[C@H](O)[C@H]2O)[C@H](O)[C@H]1O)OC(=O)CCCCCCCCC/C=C\CCCCCC. The molecular weight excluding hydrogens is 853 g/mol. The van der Waals surface area contributed by atoms with E-state index in [2.05, 4.69) is 38.2 Å². The van der Waals surface area contributed by atoms with Gasteiger partial charge in [-0.05, 0) is 64.2 Å². The number of aliphatic hydroxyl groups excluding tert-OH is 7. The normalized spacial score (nSPS) is 26.3. The van der Waals surface area contributed by atoms with Gasteiger partial charge in [0.1, 0.15) is 55.4 Å². The Morgan fingerprint density at radius 2 is 0.909 bits per heavy atom. The molecule has 2 aliphatic rings. The van der Waals surface area contributed by atoms with Gasteiger partial charge in [0.2, 0.25) is 0 Å². The molecule has 0 spiro atoms. The van der Waals surface area contributed by atoms with Crippen LogP contribution in [0.5, 0.6) is 0 Å². The number of ether oxygens (including phenoxy) is 6. The van der Waals surface area contributed by atoms with Crippen molar-refractivity contribution in [1.82, 2.24) is 0 Å². The van der Waals surface area contributed by atoms with Crippen LogP contribution in [0.3, 0.4) is 0 Å². The molecule has 2 rings (SSSR count). The van der Waals surface area contributed by atoms with Crippen molar-refractivity contribution in [2.75, 3.05) is 26.4 Å². The van der Waals surface area contributed by atoms with Gasteiger partial charge in [0, 0.05) is 12.8 Å². The highest BCUT2D eigenvalue weighted by Gasteiger charge is 2.51. The molecular formula is C51H92O15. The lowest BCUT2D eigenvalue weighted by molar-refractivity contribution is -0.360. The third-order valence-electron chi connectivity index (χ3n) is 12.4. The average molecular weight is 945 g/mol. The van der Waals surface area contributed by atoms with Gasteiger partial charge in [-0.25, -0.2) is 0 Å². The maximum Gasteiger partial charge on any atom is 0.306 e. The van der Waals surface area contributed by atoms with E-state index in [0.717, 1.165) is 57.8 Å². The van der Waals surface area contributed by atoms with Gasteiger partial charge < -0.3 is 64.2 Å². The predicted molar refractivity (Wildman–Crippen MR) is 252 cm³/mol. The number of unbranched alkanes of at least 4 members (excludes halogenated alkanes) is 22. The number of carbonyl (C=O) groups excluding carboxylic acids is 2. The molecule has 0 bridgehead atoms. The molecule has 0 unspecified atom stereocenters. The van der Waals surface area contributed by atoms with E-state index in [0.29, 0.717) is 12.8 Å². The molecule has 2 aliphatic heterocycles. The molecule has 2 fully saturated rings. The minimum atomic E-state index is -1.80.